The molecule has 0 aliphatic heterocycles. The lowest BCUT2D eigenvalue weighted by molar-refractivity contribution is 1.18. The van der Waals surface area contributed by atoms with Gasteiger partial charge < -0.3 is 9.13 Å². The molecule has 16 aromatic rings. The molecule has 0 unspecified atom stereocenters. The molecule has 0 radical (unpaired) electrons. The number of rotatable bonds is 7. The van der Waals surface area contributed by atoms with Gasteiger partial charge in [-0.2, -0.15) is 0 Å². The smallest absolute Gasteiger partial charge is 0.0541 e. The van der Waals surface area contributed by atoms with Crippen LogP contribution in [0.3, 0.4) is 0 Å². The molecule has 2 heterocycles. The minimum atomic E-state index is 1.13. The molecule has 0 atom stereocenters. The van der Waals surface area contributed by atoms with Crippen molar-refractivity contribution in [1.29, 1.82) is 0 Å². The van der Waals surface area contributed by atoms with Gasteiger partial charge in [-0.05, 0) is 159 Å². The predicted octanol–water partition coefficient (Wildman–Crippen LogP) is 20.8. The van der Waals surface area contributed by atoms with Crippen molar-refractivity contribution >= 4 is 86.7 Å². The van der Waals surface area contributed by atoms with Crippen LogP contribution in [0.4, 0.5) is 0 Å². The Kier molecular flexibility index (Phi) is 9.98. The summed E-state index contributed by atoms with van der Waals surface area (Å²) < 4.78 is 4.92. The van der Waals surface area contributed by atoms with Gasteiger partial charge in [0.25, 0.3) is 0 Å². The maximum Gasteiger partial charge on any atom is 0.0541 e. The summed E-state index contributed by atoms with van der Waals surface area (Å²) in [5.74, 6) is 0. The fourth-order valence-corrected chi connectivity index (χ4v) is 13.2. The molecule has 0 aliphatic rings. The van der Waals surface area contributed by atoms with Crippen LogP contribution in [0.25, 0.3) is 154 Å². The standard InChI is InChI=1S/C76H48N2/c1-3-23-49(24-4-1)51-43-53(47-55(45-51)77-69-39-19-15-27-57(69)58-28-16-20-40-70(58)77)73-61-31-7-11-35-65(61)75(66-36-12-8-32-62(66)73)76-67-37-13-9-33-63(67)74(64-34-10-14-38-68(64)76)54-44-52(50-25-5-2-6-26-50)46-56(48-54)78-71-41-21-17-29-59(71)60-30-18-22-42-72(60)78/h1-48H. The molecule has 0 saturated carbocycles. The van der Waals surface area contributed by atoms with Crippen molar-refractivity contribution in [2.45, 2.75) is 0 Å². The molecule has 0 spiro atoms. The molecular weight excluding hydrogens is 941 g/mol. The monoisotopic (exact) mass is 988 g/mol. The molecule has 16 rings (SSSR count). The Bertz CT molecular complexity index is 4530. The first kappa shape index (κ1) is 44.1. The first-order chi connectivity index (χ1) is 38.7. The number of hydrogen-bond acceptors (Lipinski definition) is 0. The quantitative estimate of drug-likeness (QED) is 0.141. The molecule has 14 aromatic carbocycles. The topological polar surface area (TPSA) is 9.86 Å². The van der Waals surface area contributed by atoms with Gasteiger partial charge in [0, 0.05) is 32.9 Å². The number of aromatic nitrogens is 2. The van der Waals surface area contributed by atoms with Crippen molar-refractivity contribution in [3.8, 4) is 67.0 Å². The van der Waals surface area contributed by atoms with E-state index < -0.39 is 0 Å². The van der Waals surface area contributed by atoms with E-state index in [2.05, 4.69) is 300 Å². The van der Waals surface area contributed by atoms with Crippen molar-refractivity contribution in [3.05, 3.63) is 291 Å². The first-order valence-electron chi connectivity index (χ1n) is 27.0. The summed E-state index contributed by atoms with van der Waals surface area (Å²) in [6.45, 7) is 0. The van der Waals surface area contributed by atoms with Gasteiger partial charge in [-0.25, -0.2) is 0 Å². The fraction of sp³-hybridized carbons (Fsp3) is 0. The third-order valence-electron chi connectivity index (χ3n) is 16.4. The number of hydrogen-bond donors (Lipinski definition) is 0. The normalized spacial score (nSPS) is 11.8. The lowest BCUT2D eigenvalue weighted by Crippen LogP contribution is -1.98. The second kappa shape index (κ2) is 17.7. The highest BCUT2D eigenvalue weighted by Crippen LogP contribution is 2.51. The Morgan fingerprint density at radius 3 is 0.654 bits per heavy atom. The molecule has 0 saturated heterocycles. The van der Waals surface area contributed by atoms with E-state index >= 15 is 0 Å². The van der Waals surface area contributed by atoms with E-state index in [1.54, 1.807) is 0 Å². The Balaban J connectivity index is 0.980. The minimum absolute atomic E-state index is 1.13. The Labute approximate surface area is 451 Å². The highest BCUT2D eigenvalue weighted by molar-refractivity contribution is 6.30. The average molecular weight is 989 g/mol. The summed E-state index contributed by atoms with van der Waals surface area (Å²) in [6.07, 6.45) is 0. The molecule has 0 fully saturated rings. The van der Waals surface area contributed by atoms with Crippen LogP contribution in [0.15, 0.2) is 291 Å². The third kappa shape index (κ3) is 6.77. The molecule has 0 N–H and O–H groups in total. The summed E-state index contributed by atoms with van der Waals surface area (Å²) in [6, 6.07) is 108. The van der Waals surface area contributed by atoms with Crippen LogP contribution in [0.1, 0.15) is 0 Å². The summed E-state index contributed by atoms with van der Waals surface area (Å²) in [7, 11) is 0. The molecule has 0 amide bonds. The third-order valence-corrected chi connectivity index (χ3v) is 16.4. The molecular formula is C76H48N2. The van der Waals surface area contributed by atoms with E-state index in [1.807, 2.05) is 0 Å². The van der Waals surface area contributed by atoms with Crippen LogP contribution < -0.4 is 0 Å². The van der Waals surface area contributed by atoms with E-state index in [9.17, 15) is 0 Å². The zero-order valence-corrected chi connectivity index (χ0v) is 42.6. The van der Waals surface area contributed by atoms with Gasteiger partial charge >= 0.3 is 0 Å². The van der Waals surface area contributed by atoms with E-state index in [1.165, 1.54) is 142 Å². The van der Waals surface area contributed by atoms with Crippen LogP contribution in [0, 0.1) is 0 Å². The highest BCUT2D eigenvalue weighted by Gasteiger charge is 2.25. The summed E-state index contributed by atoms with van der Waals surface area (Å²) in [5, 5.41) is 14.7. The van der Waals surface area contributed by atoms with E-state index in [-0.39, 0.29) is 0 Å². The van der Waals surface area contributed by atoms with E-state index in [0.717, 1.165) is 11.4 Å². The Morgan fingerprint density at radius 1 is 0.154 bits per heavy atom. The Morgan fingerprint density at radius 2 is 0.372 bits per heavy atom. The second-order valence-electron chi connectivity index (χ2n) is 20.7. The van der Waals surface area contributed by atoms with Crippen LogP contribution in [0.5, 0.6) is 0 Å². The van der Waals surface area contributed by atoms with Crippen molar-refractivity contribution in [2.75, 3.05) is 0 Å². The van der Waals surface area contributed by atoms with Crippen LogP contribution in [-0.2, 0) is 0 Å². The summed E-state index contributed by atoms with van der Waals surface area (Å²) >= 11 is 0. The summed E-state index contributed by atoms with van der Waals surface area (Å²) in [4.78, 5) is 0. The lowest BCUT2D eigenvalue weighted by atomic mass is 9.80. The minimum Gasteiger partial charge on any atom is -0.309 e. The van der Waals surface area contributed by atoms with Crippen LogP contribution >= 0.6 is 0 Å². The van der Waals surface area contributed by atoms with Crippen LogP contribution in [-0.4, -0.2) is 9.13 Å². The van der Waals surface area contributed by atoms with E-state index in [0.29, 0.717) is 0 Å². The predicted molar refractivity (Wildman–Crippen MR) is 332 cm³/mol. The molecule has 0 bridgehead atoms. The Hall–Kier alpha value is -10.3. The van der Waals surface area contributed by atoms with Crippen molar-refractivity contribution in [2.24, 2.45) is 0 Å². The maximum atomic E-state index is 2.46. The molecule has 2 nitrogen and oxygen atoms in total. The molecule has 78 heavy (non-hydrogen) atoms. The fourth-order valence-electron chi connectivity index (χ4n) is 13.2. The van der Waals surface area contributed by atoms with Gasteiger partial charge in [0.05, 0.1) is 22.1 Å². The molecule has 2 aromatic heterocycles. The lowest BCUT2D eigenvalue weighted by Gasteiger charge is -2.23. The maximum absolute atomic E-state index is 2.46. The number of para-hydroxylation sites is 4. The summed E-state index contributed by atoms with van der Waals surface area (Å²) in [5.41, 5.74) is 19.0. The van der Waals surface area contributed by atoms with Gasteiger partial charge in [0.15, 0.2) is 0 Å². The largest absolute Gasteiger partial charge is 0.309 e. The van der Waals surface area contributed by atoms with E-state index in [4.69, 9.17) is 0 Å². The molecule has 362 valence electrons. The van der Waals surface area contributed by atoms with Gasteiger partial charge in [0.1, 0.15) is 0 Å². The van der Waals surface area contributed by atoms with Crippen molar-refractivity contribution < 1.29 is 0 Å². The number of fused-ring (bicyclic) bond motifs is 10. The SMILES string of the molecule is c1ccc(-c2cc(-c3c4ccccc4c(-c4c5ccccc5c(-c5cc(-c6ccccc6)cc(-n6c7ccccc7c7ccccc76)c5)c5ccccc45)c4ccccc34)cc(-n3c4ccccc4c4ccccc43)c2)cc1. The molecule has 0 aliphatic carbocycles. The van der Waals surface area contributed by atoms with Gasteiger partial charge in [0.2, 0.25) is 0 Å². The molecule has 2 heteroatoms. The van der Waals surface area contributed by atoms with Gasteiger partial charge in [-0.3, -0.25) is 0 Å². The first-order valence-corrected chi connectivity index (χ1v) is 27.0. The zero-order chi connectivity index (χ0) is 51.3. The van der Waals surface area contributed by atoms with Gasteiger partial charge in [-0.15, -0.1) is 0 Å². The second-order valence-corrected chi connectivity index (χ2v) is 20.7. The number of nitrogens with zero attached hydrogens (tertiary/aromatic N) is 2. The number of benzene rings is 14. The van der Waals surface area contributed by atoms with Crippen molar-refractivity contribution in [3.63, 3.8) is 0 Å². The van der Waals surface area contributed by atoms with Crippen molar-refractivity contribution in [1.82, 2.24) is 9.13 Å². The van der Waals surface area contributed by atoms with Gasteiger partial charge in [-0.1, -0.05) is 231 Å². The average Bonchev–Trinajstić information content (AvgIpc) is 4.17. The van der Waals surface area contributed by atoms with Crippen LogP contribution in [0.2, 0.25) is 0 Å². The zero-order valence-electron chi connectivity index (χ0n) is 42.6. The highest BCUT2D eigenvalue weighted by atomic mass is 15.0.